The summed E-state index contributed by atoms with van der Waals surface area (Å²) in [6.07, 6.45) is 0.245. The van der Waals surface area contributed by atoms with E-state index in [2.05, 4.69) is 57.7 Å². The van der Waals surface area contributed by atoms with Gasteiger partial charge in [-0.3, -0.25) is 0 Å². The second kappa shape index (κ2) is 5.65. The van der Waals surface area contributed by atoms with E-state index in [1.807, 2.05) is 0 Å². The first-order chi connectivity index (χ1) is 9.32. The summed E-state index contributed by atoms with van der Waals surface area (Å²) in [6, 6.07) is 6.57. The van der Waals surface area contributed by atoms with E-state index >= 15 is 0 Å². The molecule has 1 aromatic rings. The number of benzene rings is 1. The molecule has 0 saturated carbocycles. The molecule has 3 heteroatoms. The standard InChI is InChI=1S/C17H28N2O/c1-12(2)16-11-19(9-8-18)14-10-13(17(3,4)5)6-7-15(14)20-16/h6-7,10,12,16H,8-9,11,18H2,1-5H3. The molecule has 1 heterocycles. The molecule has 1 aliphatic heterocycles. The van der Waals surface area contributed by atoms with Crippen molar-refractivity contribution in [2.45, 2.75) is 46.1 Å². The minimum atomic E-state index is 0.151. The number of anilines is 1. The van der Waals surface area contributed by atoms with Crippen LogP contribution in [0.5, 0.6) is 5.75 Å². The van der Waals surface area contributed by atoms with Gasteiger partial charge in [-0.1, -0.05) is 40.7 Å². The summed E-state index contributed by atoms with van der Waals surface area (Å²) in [4.78, 5) is 2.37. The van der Waals surface area contributed by atoms with Crippen molar-refractivity contribution in [1.82, 2.24) is 0 Å². The molecule has 3 nitrogen and oxygen atoms in total. The quantitative estimate of drug-likeness (QED) is 0.921. The van der Waals surface area contributed by atoms with Crippen LogP contribution in [0.15, 0.2) is 18.2 Å². The van der Waals surface area contributed by atoms with Gasteiger partial charge in [0.2, 0.25) is 0 Å². The highest BCUT2D eigenvalue weighted by molar-refractivity contribution is 5.62. The lowest BCUT2D eigenvalue weighted by molar-refractivity contribution is 0.146. The molecule has 0 saturated heterocycles. The first-order valence-corrected chi connectivity index (χ1v) is 7.59. The summed E-state index contributed by atoms with van der Waals surface area (Å²) in [5.41, 5.74) is 8.46. The van der Waals surface area contributed by atoms with Gasteiger partial charge in [-0.05, 0) is 29.0 Å². The van der Waals surface area contributed by atoms with Crippen LogP contribution >= 0.6 is 0 Å². The van der Waals surface area contributed by atoms with Gasteiger partial charge in [0, 0.05) is 13.1 Å². The number of ether oxygens (including phenoxy) is 1. The lowest BCUT2D eigenvalue weighted by Crippen LogP contribution is -2.44. The summed E-state index contributed by atoms with van der Waals surface area (Å²) in [5, 5.41) is 0. The fourth-order valence-corrected chi connectivity index (χ4v) is 2.56. The monoisotopic (exact) mass is 276 g/mol. The highest BCUT2D eigenvalue weighted by Crippen LogP contribution is 2.38. The van der Waals surface area contributed by atoms with Gasteiger partial charge >= 0.3 is 0 Å². The highest BCUT2D eigenvalue weighted by atomic mass is 16.5. The molecule has 0 spiro atoms. The number of hydrogen-bond donors (Lipinski definition) is 1. The van der Waals surface area contributed by atoms with Gasteiger partial charge in [-0.15, -0.1) is 0 Å². The normalized spacial score (nSPS) is 18.9. The van der Waals surface area contributed by atoms with Gasteiger partial charge in [-0.2, -0.15) is 0 Å². The molecule has 1 aliphatic rings. The molecule has 112 valence electrons. The first kappa shape index (κ1) is 15.2. The van der Waals surface area contributed by atoms with Crippen LogP contribution in [0.2, 0.25) is 0 Å². The molecule has 0 amide bonds. The summed E-state index contributed by atoms with van der Waals surface area (Å²) in [5.74, 6) is 1.50. The summed E-state index contributed by atoms with van der Waals surface area (Å²) in [7, 11) is 0. The van der Waals surface area contributed by atoms with Crippen molar-refractivity contribution >= 4 is 5.69 Å². The molecule has 2 N–H and O–H groups in total. The van der Waals surface area contributed by atoms with Crippen LogP contribution in [0, 0.1) is 5.92 Å². The van der Waals surface area contributed by atoms with Gasteiger partial charge in [0.15, 0.2) is 0 Å². The van der Waals surface area contributed by atoms with Crippen molar-refractivity contribution in [3.63, 3.8) is 0 Å². The zero-order valence-corrected chi connectivity index (χ0v) is 13.4. The molecule has 0 aliphatic carbocycles. The van der Waals surface area contributed by atoms with Crippen molar-refractivity contribution in [2.24, 2.45) is 11.7 Å². The zero-order valence-electron chi connectivity index (χ0n) is 13.4. The fourth-order valence-electron chi connectivity index (χ4n) is 2.56. The van der Waals surface area contributed by atoms with Gasteiger partial charge in [0.25, 0.3) is 0 Å². The molecule has 2 rings (SSSR count). The number of fused-ring (bicyclic) bond motifs is 1. The van der Waals surface area contributed by atoms with Crippen molar-refractivity contribution in [3.8, 4) is 5.75 Å². The Morgan fingerprint density at radius 2 is 2.05 bits per heavy atom. The average Bonchev–Trinajstić information content (AvgIpc) is 2.37. The molecule has 0 bridgehead atoms. The van der Waals surface area contributed by atoms with E-state index in [0.717, 1.165) is 18.8 Å². The van der Waals surface area contributed by atoms with E-state index in [-0.39, 0.29) is 11.5 Å². The van der Waals surface area contributed by atoms with E-state index in [9.17, 15) is 0 Å². The Hall–Kier alpha value is -1.22. The molecular formula is C17H28N2O. The van der Waals surface area contributed by atoms with E-state index in [1.54, 1.807) is 0 Å². The predicted molar refractivity (Wildman–Crippen MR) is 85.7 cm³/mol. The molecule has 1 aromatic carbocycles. The van der Waals surface area contributed by atoms with E-state index in [0.29, 0.717) is 12.5 Å². The van der Waals surface area contributed by atoms with Crippen LogP contribution < -0.4 is 15.4 Å². The summed E-state index contributed by atoms with van der Waals surface area (Å²) in [6.45, 7) is 13.6. The van der Waals surface area contributed by atoms with Gasteiger partial charge in [0.05, 0.1) is 12.2 Å². The Morgan fingerprint density at radius 3 is 2.60 bits per heavy atom. The lowest BCUT2D eigenvalue weighted by atomic mass is 9.86. The molecule has 0 aromatic heterocycles. The van der Waals surface area contributed by atoms with E-state index < -0.39 is 0 Å². The van der Waals surface area contributed by atoms with Crippen LogP contribution in [-0.2, 0) is 5.41 Å². The van der Waals surface area contributed by atoms with E-state index in [1.165, 1.54) is 11.3 Å². The smallest absolute Gasteiger partial charge is 0.143 e. The Bertz CT molecular complexity index is 463. The lowest BCUT2D eigenvalue weighted by Gasteiger charge is -2.38. The number of hydrogen-bond acceptors (Lipinski definition) is 3. The molecule has 20 heavy (non-hydrogen) atoms. The van der Waals surface area contributed by atoms with Crippen molar-refractivity contribution < 1.29 is 4.74 Å². The van der Waals surface area contributed by atoms with Crippen LogP contribution in [0.4, 0.5) is 5.69 Å². The van der Waals surface area contributed by atoms with Crippen LogP contribution in [0.1, 0.15) is 40.2 Å². The summed E-state index contributed by atoms with van der Waals surface area (Å²) < 4.78 is 6.16. The van der Waals surface area contributed by atoms with Gasteiger partial charge in [-0.25, -0.2) is 0 Å². The number of rotatable bonds is 3. The molecule has 0 radical (unpaired) electrons. The maximum Gasteiger partial charge on any atom is 0.143 e. The van der Waals surface area contributed by atoms with Crippen LogP contribution in [-0.4, -0.2) is 25.7 Å². The Balaban J connectivity index is 2.38. The second-order valence-electron chi connectivity index (χ2n) is 7.07. The maximum absolute atomic E-state index is 6.16. The van der Waals surface area contributed by atoms with E-state index in [4.69, 9.17) is 10.5 Å². The van der Waals surface area contributed by atoms with Gasteiger partial charge in [0.1, 0.15) is 11.9 Å². The van der Waals surface area contributed by atoms with Crippen LogP contribution in [0.25, 0.3) is 0 Å². The minimum absolute atomic E-state index is 0.151. The average molecular weight is 276 g/mol. The third-order valence-corrected chi connectivity index (χ3v) is 3.99. The maximum atomic E-state index is 6.16. The van der Waals surface area contributed by atoms with Gasteiger partial charge < -0.3 is 15.4 Å². The number of nitrogens with two attached hydrogens (primary N) is 1. The summed E-state index contributed by atoms with van der Waals surface area (Å²) >= 11 is 0. The van der Waals surface area contributed by atoms with Crippen molar-refractivity contribution in [1.29, 1.82) is 0 Å². The largest absolute Gasteiger partial charge is 0.486 e. The third kappa shape index (κ3) is 3.09. The third-order valence-electron chi connectivity index (χ3n) is 3.99. The minimum Gasteiger partial charge on any atom is -0.486 e. The fraction of sp³-hybridized carbons (Fsp3) is 0.647. The van der Waals surface area contributed by atoms with Crippen molar-refractivity contribution in [3.05, 3.63) is 23.8 Å². The second-order valence-corrected chi connectivity index (χ2v) is 7.07. The van der Waals surface area contributed by atoms with Crippen LogP contribution in [0.3, 0.4) is 0 Å². The SMILES string of the molecule is CC(C)C1CN(CCN)c2cc(C(C)(C)C)ccc2O1. The van der Waals surface area contributed by atoms with Crippen molar-refractivity contribution in [2.75, 3.05) is 24.5 Å². The Morgan fingerprint density at radius 1 is 1.35 bits per heavy atom. The predicted octanol–water partition coefficient (Wildman–Crippen LogP) is 3.17. The first-order valence-electron chi connectivity index (χ1n) is 7.59. The number of nitrogens with zero attached hydrogens (tertiary/aromatic N) is 1. The zero-order chi connectivity index (χ0) is 14.9. The Labute approximate surface area is 123 Å². The Kier molecular flexibility index (Phi) is 4.28. The molecule has 0 fully saturated rings. The highest BCUT2D eigenvalue weighted by Gasteiger charge is 2.28. The molecular weight excluding hydrogens is 248 g/mol. The molecule has 1 unspecified atom stereocenters. The molecule has 1 atom stereocenters. The topological polar surface area (TPSA) is 38.5 Å².